The van der Waals surface area contributed by atoms with Gasteiger partial charge in [-0.3, -0.25) is 0 Å². The molecule has 134 valence electrons. The maximum Gasteiger partial charge on any atom is 0.0721 e. The minimum Gasteiger partial charge on any atom is -0.545 e. The SMILES string of the molecule is CCC(c1ccc(C(=O)[O-])c(C(CC)C(C)C)c1C(=O)[O-])C(C)C. The van der Waals surface area contributed by atoms with Crippen molar-refractivity contribution in [3.63, 3.8) is 0 Å². The Bertz CT molecular complexity index is 602. The average molecular weight is 332 g/mol. The van der Waals surface area contributed by atoms with Crippen LogP contribution in [-0.4, -0.2) is 11.9 Å². The highest BCUT2D eigenvalue weighted by Crippen LogP contribution is 2.38. The maximum atomic E-state index is 12.0. The van der Waals surface area contributed by atoms with E-state index in [1.54, 1.807) is 6.07 Å². The van der Waals surface area contributed by atoms with E-state index in [0.29, 0.717) is 17.5 Å². The second-order valence-electron chi connectivity index (χ2n) is 7.08. The molecule has 0 aliphatic carbocycles. The lowest BCUT2D eigenvalue weighted by Crippen LogP contribution is -2.32. The van der Waals surface area contributed by atoms with E-state index < -0.39 is 11.9 Å². The van der Waals surface area contributed by atoms with Gasteiger partial charge in [0.2, 0.25) is 0 Å². The zero-order valence-electron chi connectivity index (χ0n) is 15.5. The Kier molecular flexibility index (Phi) is 7.00. The minimum absolute atomic E-state index is 0.0305. The van der Waals surface area contributed by atoms with E-state index in [-0.39, 0.29) is 34.8 Å². The molecular weight excluding hydrogens is 304 g/mol. The van der Waals surface area contributed by atoms with Crippen LogP contribution >= 0.6 is 0 Å². The molecular formula is C20H28O4-2. The van der Waals surface area contributed by atoms with Gasteiger partial charge in [0, 0.05) is 11.1 Å². The second kappa shape index (κ2) is 8.32. The lowest BCUT2D eigenvalue weighted by Gasteiger charge is -2.31. The zero-order valence-corrected chi connectivity index (χ0v) is 15.5. The quantitative estimate of drug-likeness (QED) is 0.733. The van der Waals surface area contributed by atoms with Gasteiger partial charge in [-0.1, -0.05) is 53.7 Å². The number of carboxylic acids is 2. The Balaban J connectivity index is 3.85. The number of carbonyl (C=O) groups is 2. The van der Waals surface area contributed by atoms with Crippen LogP contribution in [0.15, 0.2) is 12.1 Å². The van der Waals surface area contributed by atoms with Crippen molar-refractivity contribution in [1.29, 1.82) is 0 Å². The molecule has 0 N–H and O–H groups in total. The molecule has 24 heavy (non-hydrogen) atoms. The second-order valence-corrected chi connectivity index (χ2v) is 7.08. The number of rotatable bonds is 8. The third-order valence-corrected chi connectivity index (χ3v) is 4.96. The third-order valence-electron chi connectivity index (χ3n) is 4.96. The number of carboxylic acid groups (broad SMARTS) is 2. The predicted molar refractivity (Wildman–Crippen MR) is 90.8 cm³/mol. The molecule has 0 heterocycles. The van der Waals surface area contributed by atoms with Crippen molar-refractivity contribution in [2.24, 2.45) is 11.8 Å². The van der Waals surface area contributed by atoms with Crippen LogP contribution in [0.4, 0.5) is 0 Å². The van der Waals surface area contributed by atoms with Gasteiger partial charge in [-0.05, 0) is 47.6 Å². The van der Waals surface area contributed by atoms with Gasteiger partial charge in [-0.15, -0.1) is 0 Å². The molecule has 0 amide bonds. The average Bonchev–Trinajstić information content (AvgIpc) is 2.47. The Morgan fingerprint density at radius 2 is 1.38 bits per heavy atom. The lowest BCUT2D eigenvalue weighted by molar-refractivity contribution is -0.255. The van der Waals surface area contributed by atoms with Crippen molar-refractivity contribution in [2.45, 2.75) is 66.2 Å². The largest absolute Gasteiger partial charge is 0.545 e. The summed E-state index contributed by atoms with van der Waals surface area (Å²) in [6, 6.07) is 3.13. The minimum atomic E-state index is -1.34. The first-order chi connectivity index (χ1) is 11.2. The van der Waals surface area contributed by atoms with Crippen molar-refractivity contribution in [3.8, 4) is 0 Å². The smallest absolute Gasteiger partial charge is 0.0721 e. The van der Waals surface area contributed by atoms with E-state index in [1.807, 2.05) is 41.5 Å². The number of hydrogen-bond acceptors (Lipinski definition) is 4. The topological polar surface area (TPSA) is 80.3 Å². The molecule has 0 bridgehead atoms. The molecule has 1 rings (SSSR count). The summed E-state index contributed by atoms with van der Waals surface area (Å²) in [6.45, 7) is 12.0. The Morgan fingerprint density at radius 3 is 1.71 bits per heavy atom. The fourth-order valence-electron chi connectivity index (χ4n) is 3.80. The van der Waals surface area contributed by atoms with E-state index in [0.717, 1.165) is 6.42 Å². The predicted octanol–water partition coefficient (Wildman–Crippen LogP) is 2.71. The lowest BCUT2D eigenvalue weighted by atomic mass is 9.75. The maximum absolute atomic E-state index is 12.0. The first-order valence-electron chi connectivity index (χ1n) is 8.76. The third kappa shape index (κ3) is 3.97. The van der Waals surface area contributed by atoms with E-state index in [2.05, 4.69) is 0 Å². The van der Waals surface area contributed by atoms with Gasteiger partial charge >= 0.3 is 0 Å². The summed E-state index contributed by atoms with van der Waals surface area (Å²) in [5.74, 6) is -2.42. The molecule has 0 saturated carbocycles. The molecule has 0 aromatic heterocycles. The highest BCUT2D eigenvalue weighted by molar-refractivity contribution is 5.97. The molecule has 0 aliphatic rings. The van der Waals surface area contributed by atoms with Gasteiger partial charge < -0.3 is 19.8 Å². The number of carbonyl (C=O) groups excluding carboxylic acids is 2. The van der Waals surface area contributed by atoms with Crippen LogP contribution in [-0.2, 0) is 0 Å². The molecule has 1 aromatic rings. The molecule has 4 heteroatoms. The van der Waals surface area contributed by atoms with Gasteiger partial charge in [0.1, 0.15) is 0 Å². The summed E-state index contributed by atoms with van der Waals surface area (Å²) in [5, 5.41) is 23.6. The van der Waals surface area contributed by atoms with Crippen LogP contribution in [0.5, 0.6) is 0 Å². The fourth-order valence-corrected chi connectivity index (χ4v) is 3.80. The molecule has 0 saturated heterocycles. The molecule has 2 unspecified atom stereocenters. The van der Waals surface area contributed by atoms with E-state index >= 15 is 0 Å². The summed E-state index contributed by atoms with van der Waals surface area (Å²) in [5.41, 5.74) is 1.06. The van der Waals surface area contributed by atoms with Gasteiger partial charge in [-0.2, -0.15) is 0 Å². The molecule has 2 atom stereocenters. The fraction of sp³-hybridized carbons (Fsp3) is 0.600. The Hall–Kier alpha value is -1.84. The van der Waals surface area contributed by atoms with Crippen molar-refractivity contribution >= 4 is 11.9 Å². The highest BCUT2D eigenvalue weighted by Gasteiger charge is 2.27. The van der Waals surface area contributed by atoms with Crippen LogP contribution in [0.1, 0.15) is 98.1 Å². The van der Waals surface area contributed by atoms with Crippen LogP contribution in [0.25, 0.3) is 0 Å². The summed E-state index contributed by atoms with van der Waals surface area (Å²) in [4.78, 5) is 23.6. The van der Waals surface area contributed by atoms with Gasteiger partial charge in [0.05, 0.1) is 11.9 Å². The molecule has 0 spiro atoms. The van der Waals surface area contributed by atoms with Crippen LogP contribution in [0.2, 0.25) is 0 Å². The summed E-state index contributed by atoms with van der Waals surface area (Å²) in [7, 11) is 0. The first kappa shape index (κ1) is 20.2. The van der Waals surface area contributed by atoms with Crippen LogP contribution in [0, 0.1) is 11.8 Å². The molecule has 4 nitrogen and oxygen atoms in total. The van der Waals surface area contributed by atoms with Crippen molar-refractivity contribution in [2.75, 3.05) is 0 Å². The van der Waals surface area contributed by atoms with Crippen molar-refractivity contribution in [1.82, 2.24) is 0 Å². The molecule has 0 fully saturated rings. The first-order valence-corrected chi connectivity index (χ1v) is 8.76. The van der Waals surface area contributed by atoms with E-state index in [9.17, 15) is 19.8 Å². The Morgan fingerprint density at radius 1 is 0.875 bits per heavy atom. The van der Waals surface area contributed by atoms with Crippen LogP contribution < -0.4 is 10.2 Å². The number of benzene rings is 1. The van der Waals surface area contributed by atoms with Gasteiger partial charge in [0.15, 0.2) is 0 Å². The van der Waals surface area contributed by atoms with Crippen molar-refractivity contribution < 1.29 is 19.8 Å². The Labute approximate surface area is 144 Å². The zero-order chi connectivity index (χ0) is 18.6. The number of hydrogen-bond donors (Lipinski definition) is 0. The summed E-state index contributed by atoms with van der Waals surface area (Å²) >= 11 is 0. The highest BCUT2D eigenvalue weighted by atomic mass is 16.4. The molecule has 0 radical (unpaired) electrons. The van der Waals surface area contributed by atoms with Crippen molar-refractivity contribution in [3.05, 3.63) is 34.4 Å². The van der Waals surface area contributed by atoms with Gasteiger partial charge in [0.25, 0.3) is 0 Å². The normalized spacial score (nSPS) is 14.0. The monoisotopic (exact) mass is 332 g/mol. The van der Waals surface area contributed by atoms with E-state index in [1.165, 1.54) is 6.07 Å². The summed E-state index contributed by atoms with van der Waals surface area (Å²) < 4.78 is 0. The van der Waals surface area contributed by atoms with Gasteiger partial charge in [-0.25, -0.2) is 0 Å². The van der Waals surface area contributed by atoms with E-state index in [4.69, 9.17) is 0 Å². The van der Waals surface area contributed by atoms with Crippen LogP contribution in [0.3, 0.4) is 0 Å². The standard InChI is InChI=1S/C20H30O4/c1-7-13(11(3)4)15-9-10-16(19(21)22)17(18(15)20(23)24)14(8-2)12(5)6/h9-14H,7-8H2,1-6H3,(H,21,22)(H,23,24)/p-2. The number of aromatic carboxylic acids is 2. The summed E-state index contributed by atoms with van der Waals surface area (Å²) in [6.07, 6.45) is 1.43. The molecule has 0 aliphatic heterocycles. The molecule has 1 aromatic carbocycles.